The Morgan fingerprint density at radius 2 is 2.16 bits per heavy atom. The molecule has 0 fully saturated rings. The fraction of sp³-hybridized carbons (Fsp3) is 0.562. The summed E-state index contributed by atoms with van der Waals surface area (Å²) in [6, 6.07) is 6.42. The molecule has 1 aliphatic rings. The maximum Gasteiger partial charge on any atom is 0.224 e. The first-order valence-corrected chi connectivity index (χ1v) is 7.17. The van der Waals surface area contributed by atoms with Crippen molar-refractivity contribution >= 4 is 5.91 Å². The van der Waals surface area contributed by atoms with Gasteiger partial charge in [0, 0.05) is 13.2 Å². The van der Waals surface area contributed by atoms with E-state index >= 15 is 0 Å². The molecule has 1 unspecified atom stereocenters. The molecule has 0 saturated carbocycles. The minimum absolute atomic E-state index is 0.0720. The van der Waals surface area contributed by atoms with Gasteiger partial charge in [0.05, 0.1) is 6.42 Å². The summed E-state index contributed by atoms with van der Waals surface area (Å²) in [6.45, 7) is 2.86. The number of benzene rings is 1. The van der Waals surface area contributed by atoms with E-state index in [2.05, 4.69) is 23.5 Å². The first kappa shape index (κ1) is 14.1. The van der Waals surface area contributed by atoms with Crippen molar-refractivity contribution < 1.29 is 9.90 Å². The molecule has 2 N–H and O–H groups in total. The normalized spacial score (nSPS) is 15.1. The molecule has 0 aliphatic heterocycles. The zero-order valence-electron chi connectivity index (χ0n) is 11.6. The van der Waals surface area contributed by atoms with Crippen LogP contribution in [0.25, 0.3) is 0 Å². The zero-order chi connectivity index (χ0) is 13.7. The summed E-state index contributed by atoms with van der Waals surface area (Å²) in [7, 11) is 0. The molecule has 0 heterocycles. The molecule has 0 spiro atoms. The van der Waals surface area contributed by atoms with Gasteiger partial charge in [-0.15, -0.1) is 0 Å². The van der Waals surface area contributed by atoms with Gasteiger partial charge < -0.3 is 10.4 Å². The Labute approximate surface area is 115 Å². The molecule has 1 amide bonds. The number of aliphatic hydroxyl groups excluding tert-OH is 1. The van der Waals surface area contributed by atoms with E-state index in [1.54, 1.807) is 0 Å². The Balaban J connectivity index is 1.82. The van der Waals surface area contributed by atoms with Crippen molar-refractivity contribution in [1.82, 2.24) is 5.32 Å². The Morgan fingerprint density at radius 3 is 2.95 bits per heavy atom. The molecule has 0 aromatic heterocycles. The van der Waals surface area contributed by atoms with E-state index < -0.39 is 0 Å². The summed E-state index contributed by atoms with van der Waals surface area (Å²) < 4.78 is 0. The van der Waals surface area contributed by atoms with E-state index in [0.29, 0.717) is 18.9 Å². The summed E-state index contributed by atoms with van der Waals surface area (Å²) in [5.41, 5.74) is 3.97. The van der Waals surface area contributed by atoms with E-state index in [4.69, 9.17) is 5.11 Å². The van der Waals surface area contributed by atoms with Crippen LogP contribution in [0, 0.1) is 5.92 Å². The van der Waals surface area contributed by atoms with Crippen LogP contribution in [0.5, 0.6) is 0 Å². The molecule has 0 radical (unpaired) electrons. The van der Waals surface area contributed by atoms with Crippen LogP contribution in [-0.4, -0.2) is 24.2 Å². The van der Waals surface area contributed by atoms with Gasteiger partial charge in [-0.25, -0.2) is 0 Å². The van der Waals surface area contributed by atoms with Crippen LogP contribution < -0.4 is 5.32 Å². The van der Waals surface area contributed by atoms with Crippen LogP contribution >= 0.6 is 0 Å². The van der Waals surface area contributed by atoms with Crippen LogP contribution in [0.3, 0.4) is 0 Å². The molecule has 19 heavy (non-hydrogen) atoms. The van der Waals surface area contributed by atoms with Crippen molar-refractivity contribution in [2.45, 2.75) is 39.0 Å². The van der Waals surface area contributed by atoms with Crippen LogP contribution in [0.2, 0.25) is 0 Å². The number of aryl methyl sites for hydroxylation is 2. The lowest BCUT2D eigenvalue weighted by molar-refractivity contribution is -0.120. The summed E-state index contributed by atoms with van der Waals surface area (Å²) in [6.07, 6.45) is 4.76. The van der Waals surface area contributed by atoms with Crippen LogP contribution in [0.4, 0.5) is 0 Å². The third-order valence-corrected chi connectivity index (χ3v) is 3.80. The van der Waals surface area contributed by atoms with Gasteiger partial charge in [-0.2, -0.15) is 0 Å². The minimum atomic E-state index is 0.0720. The number of carbonyl (C=O) groups excluding carboxylic acids is 1. The first-order chi connectivity index (χ1) is 9.19. The van der Waals surface area contributed by atoms with E-state index in [0.717, 1.165) is 18.4 Å². The molecule has 104 valence electrons. The van der Waals surface area contributed by atoms with Crippen molar-refractivity contribution in [1.29, 1.82) is 0 Å². The first-order valence-electron chi connectivity index (χ1n) is 7.17. The molecule has 2 rings (SSSR count). The smallest absolute Gasteiger partial charge is 0.224 e. The molecule has 0 saturated heterocycles. The molecule has 1 aromatic carbocycles. The number of carbonyl (C=O) groups is 1. The van der Waals surface area contributed by atoms with E-state index in [9.17, 15) is 4.79 Å². The summed E-state index contributed by atoms with van der Waals surface area (Å²) >= 11 is 0. The second-order valence-corrected chi connectivity index (χ2v) is 5.55. The van der Waals surface area contributed by atoms with Gasteiger partial charge in [-0.05, 0) is 48.3 Å². The van der Waals surface area contributed by atoms with Gasteiger partial charge >= 0.3 is 0 Å². The number of hydrogen-bond acceptors (Lipinski definition) is 2. The van der Waals surface area contributed by atoms with Crippen LogP contribution in [0.1, 0.15) is 36.5 Å². The van der Waals surface area contributed by atoms with Gasteiger partial charge in [-0.3, -0.25) is 4.79 Å². The average molecular weight is 261 g/mol. The molecular formula is C16H23NO2. The highest BCUT2D eigenvalue weighted by Crippen LogP contribution is 2.22. The lowest BCUT2D eigenvalue weighted by Gasteiger charge is -2.11. The number of aliphatic hydroxyl groups is 1. The monoisotopic (exact) mass is 261 g/mol. The van der Waals surface area contributed by atoms with Gasteiger partial charge in [0.1, 0.15) is 0 Å². The summed E-state index contributed by atoms with van der Waals surface area (Å²) in [4.78, 5) is 11.8. The molecule has 3 heteroatoms. The fourth-order valence-corrected chi connectivity index (χ4v) is 2.59. The molecule has 0 bridgehead atoms. The lowest BCUT2D eigenvalue weighted by atomic mass is 10.0. The van der Waals surface area contributed by atoms with E-state index in [1.165, 1.54) is 24.0 Å². The Bertz CT molecular complexity index is 442. The highest BCUT2D eigenvalue weighted by molar-refractivity contribution is 5.78. The van der Waals surface area contributed by atoms with E-state index in [1.807, 2.05) is 6.92 Å². The third-order valence-electron chi connectivity index (χ3n) is 3.80. The maximum atomic E-state index is 11.8. The van der Waals surface area contributed by atoms with Crippen molar-refractivity contribution in [3.8, 4) is 0 Å². The van der Waals surface area contributed by atoms with Crippen LogP contribution in [0.15, 0.2) is 18.2 Å². The SMILES string of the molecule is CC(CCO)CNC(=O)Cc1ccc2c(c1)CCC2. The number of rotatable bonds is 6. The van der Waals surface area contributed by atoms with Gasteiger partial charge in [0.25, 0.3) is 0 Å². The van der Waals surface area contributed by atoms with Crippen LogP contribution in [-0.2, 0) is 24.1 Å². The van der Waals surface area contributed by atoms with Gasteiger partial charge in [0.15, 0.2) is 0 Å². The summed E-state index contributed by atoms with van der Waals surface area (Å²) in [5, 5.41) is 11.7. The van der Waals surface area contributed by atoms with Crippen molar-refractivity contribution in [2.75, 3.05) is 13.2 Å². The molecule has 1 aromatic rings. The number of fused-ring (bicyclic) bond motifs is 1. The predicted octanol–water partition coefficient (Wildman–Crippen LogP) is 1.85. The average Bonchev–Trinajstić information content (AvgIpc) is 2.84. The molecular weight excluding hydrogens is 238 g/mol. The number of nitrogens with one attached hydrogen (secondary N) is 1. The topological polar surface area (TPSA) is 49.3 Å². The highest BCUT2D eigenvalue weighted by Gasteiger charge is 2.12. The van der Waals surface area contributed by atoms with Gasteiger partial charge in [-0.1, -0.05) is 25.1 Å². The number of amides is 1. The zero-order valence-corrected chi connectivity index (χ0v) is 11.6. The maximum absolute atomic E-state index is 11.8. The summed E-state index contributed by atoms with van der Waals surface area (Å²) in [5.74, 6) is 0.400. The van der Waals surface area contributed by atoms with Crippen molar-refractivity contribution in [3.63, 3.8) is 0 Å². The number of hydrogen-bond donors (Lipinski definition) is 2. The highest BCUT2D eigenvalue weighted by atomic mass is 16.3. The Morgan fingerprint density at radius 1 is 1.37 bits per heavy atom. The second kappa shape index (κ2) is 6.71. The van der Waals surface area contributed by atoms with Crippen molar-refractivity contribution in [3.05, 3.63) is 34.9 Å². The van der Waals surface area contributed by atoms with E-state index in [-0.39, 0.29) is 12.5 Å². The fourth-order valence-electron chi connectivity index (χ4n) is 2.59. The Kier molecular flexibility index (Phi) is 4.97. The Hall–Kier alpha value is -1.35. The molecule has 1 aliphatic carbocycles. The largest absolute Gasteiger partial charge is 0.396 e. The third kappa shape index (κ3) is 4.06. The van der Waals surface area contributed by atoms with Crippen molar-refractivity contribution in [2.24, 2.45) is 5.92 Å². The quantitative estimate of drug-likeness (QED) is 0.821. The standard InChI is InChI=1S/C16H23NO2/c1-12(7-8-18)11-17-16(19)10-13-5-6-14-3-2-4-15(14)9-13/h5-6,9,12,18H,2-4,7-8,10-11H2,1H3,(H,17,19). The second-order valence-electron chi connectivity index (χ2n) is 5.55. The van der Waals surface area contributed by atoms with Gasteiger partial charge in [0.2, 0.25) is 5.91 Å². The minimum Gasteiger partial charge on any atom is -0.396 e. The predicted molar refractivity (Wildman–Crippen MR) is 76.0 cm³/mol. The molecule has 3 nitrogen and oxygen atoms in total. The molecule has 1 atom stereocenters. The lowest BCUT2D eigenvalue weighted by Crippen LogP contribution is -2.29.